The van der Waals surface area contributed by atoms with Crippen molar-refractivity contribution in [3.05, 3.63) is 35.6 Å². The molecule has 30 heavy (non-hydrogen) atoms. The SMILES string of the molecule is COCOc1cc(CC(=O)OC)c(-c2ccc(CCC(C)=NO)o2)c(OCOC)c1. The van der Waals surface area contributed by atoms with Crippen LogP contribution >= 0.6 is 0 Å². The van der Waals surface area contributed by atoms with Crippen molar-refractivity contribution in [1.82, 2.24) is 0 Å². The van der Waals surface area contributed by atoms with Gasteiger partial charge in [-0.15, -0.1) is 0 Å². The molecule has 0 aliphatic rings. The largest absolute Gasteiger partial charge is 0.469 e. The van der Waals surface area contributed by atoms with Crippen molar-refractivity contribution in [1.29, 1.82) is 0 Å². The number of benzene rings is 1. The van der Waals surface area contributed by atoms with Gasteiger partial charge < -0.3 is 33.3 Å². The Morgan fingerprint density at radius 1 is 1.10 bits per heavy atom. The van der Waals surface area contributed by atoms with E-state index in [1.165, 1.54) is 21.3 Å². The molecule has 9 nitrogen and oxygen atoms in total. The van der Waals surface area contributed by atoms with Crippen molar-refractivity contribution < 1.29 is 38.1 Å². The highest BCUT2D eigenvalue weighted by Gasteiger charge is 2.21. The van der Waals surface area contributed by atoms with Gasteiger partial charge in [0.1, 0.15) is 23.0 Å². The molecule has 2 rings (SSSR count). The lowest BCUT2D eigenvalue weighted by Crippen LogP contribution is -2.09. The van der Waals surface area contributed by atoms with Crippen LogP contribution in [0.1, 0.15) is 24.7 Å². The topological polar surface area (TPSA) is 109 Å². The van der Waals surface area contributed by atoms with E-state index in [9.17, 15) is 4.79 Å². The molecule has 0 saturated carbocycles. The van der Waals surface area contributed by atoms with Crippen LogP contribution in [0.4, 0.5) is 0 Å². The number of methoxy groups -OCH3 is 3. The molecule has 0 saturated heterocycles. The second-order valence-electron chi connectivity index (χ2n) is 6.41. The van der Waals surface area contributed by atoms with Gasteiger partial charge in [0.2, 0.25) is 0 Å². The molecule has 0 radical (unpaired) electrons. The van der Waals surface area contributed by atoms with Crippen molar-refractivity contribution in [2.75, 3.05) is 34.9 Å². The van der Waals surface area contributed by atoms with Crippen LogP contribution in [0, 0.1) is 0 Å². The minimum Gasteiger partial charge on any atom is -0.469 e. The summed E-state index contributed by atoms with van der Waals surface area (Å²) < 4.78 is 32.1. The van der Waals surface area contributed by atoms with Crippen LogP contribution in [0.15, 0.2) is 33.8 Å². The lowest BCUT2D eigenvalue weighted by Gasteiger charge is -2.16. The fourth-order valence-corrected chi connectivity index (χ4v) is 2.74. The van der Waals surface area contributed by atoms with E-state index in [1.807, 2.05) is 6.07 Å². The Kier molecular flexibility index (Phi) is 9.17. The molecule has 1 aromatic heterocycles. The molecule has 0 aliphatic heterocycles. The van der Waals surface area contributed by atoms with Gasteiger partial charge in [0.05, 0.1) is 24.8 Å². The normalized spacial score (nSPS) is 11.4. The van der Waals surface area contributed by atoms with Gasteiger partial charge in [0.15, 0.2) is 13.6 Å². The van der Waals surface area contributed by atoms with Gasteiger partial charge in [-0.1, -0.05) is 5.16 Å². The zero-order valence-corrected chi connectivity index (χ0v) is 17.6. The number of ether oxygens (including phenoxy) is 5. The second kappa shape index (κ2) is 11.8. The first-order valence-corrected chi connectivity index (χ1v) is 9.26. The fraction of sp³-hybridized carbons (Fsp3) is 0.429. The van der Waals surface area contributed by atoms with Gasteiger partial charge in [0, 0.05) is 26.7 Å². The highest BCUT2D eigenvalue weighted by atomic mass is 16.7. The summed E-state index contributed by atoms with van der Waals surface area (Å²) in [5.41, 5.74) is 1.81. The van der Waals surface area contributed by atoms with Gasteiger partial charge in [0.25, 0.3) is 0 Å². The number of aryl methyl sites for hydroxylation is 1. The average molecular weight is 421 g/mol. The van der Waals surface area contributed by atoms with Crippen LogP contribution in [0.25, 0.3) is 11.3 Å². The van der Waals surface area contributed by atoms with Gasteiger partial charge >= 0.3 is 5.97 Å². The lowest BCUT2D eigenvalue weighted by molar-refractivity contribution is -0.139. The van der Waals surface area contributed by atoms with E-state index < -0.39 is 5.97 Å². The van der Waals surface area contributed by atoms with Crippen LogP contribution in [0.2, 0.25) is 0 Å². The Balaban J connectivity index is 2.47. The van der Waals surface area contributed by atoms with Crippen LogP contribution in [-0.4, -0.2) is 51.8 Å². The third-order valence-electron chi connectivity index (χ3n) is 4.21. The highest BCUT2D eigenvalue weighted by Crippen LogP contribution is 2.39. The van der Waals surface area contributed by atoms with Gasteiger partial charge in [-0.3, -0.25) is 4.79 Å². The molecule has 0 bridgehead atoms. The van der Waals surface area contributed by atoms with E-state index in [4.69, 9.17) is 33.3 Å². The molecule has 1 aromatic carbocycles. The molecule has 0 aliphatic carbocycles. The summed E-state index contributed by atoms with van der Waals surface area (Å²) in [5, 5.41) is 12.0. The maximum atomic E-state index is 12.0. The molecule has 0 fully saturated rings. The van der Waals surface area contributed by atoms with Gasteiger partial charge in [-0.25, -0.2) is 0 Å². The average Bonchev–Trinajstić information content (AvgIpc) is 3.22. The Morgan fingerprint density at radius 3 is 2.50 bits per heavy atom. The number of hydrogen-bond donors (Lipinski definition) is 1. The quantitative estimate of drug-likeness (QED) is 0.183. The summed E-state index contributed by atoms with van der Waals surface area (Å²) in [6.45, 7) is 1.77. The third-order valence-corrected chi connectivity index (χ3v) is 4.21. The molecule has 0 unspecified atom stereocenters. The van der Waals surface area contributed by atoms with E-state index in [-0.39, 0.29) is 20.0 Å². The zero-order valence-electron chi connectivity index (χ0n) is 17.6. The zero-order chi connectivity index (χ0) is 21.9. The Bertz CT molecular complexity index is 859. The molecule has 164 valence electrons. The van der Waals surface area contributed by atoms with E-state index in [2.05, 4.69) is 5.16 Å². The van der Waals surface area contributed by atoms with Crippen LogP contribution in [0.3, 0.4) is 0 Å². The van der Waals surface area contributed by atoms with Crippen molar-refractivity contribution in [3.8, 4) is 22.8 Å². The first-order chi connectivity index (χ1) is 14.5. The van der Waals surface area contributed by atoms with Crippen LogP contribution in [0.5, 0.6) is 11.5 Å². The second-order valence-corrected chi connectivity index (χ2v) is 6.41. The maximum absolute atomic E-state index is 12.0. The standard InChI is InChI=1S/C21H27NO8/c1-14(22-24)5-6-16-7-8-18(30-16)21-15(10-20(23)27-4)9-17(28-12-25-2)11-19(21)29-13-26-3/h7-9,11,24H,5-6,10,12-13H2,1-4H3. The van der Waals surface area contributed by atoms with E-state index >= 15 is 0 Å². The number of carbonyl (C=O) groups excluding carboxylic acids is 1. The van der Waals surface area contributed by atoms with E-state index in [0.717, 1.165) is 0 Å². The lowest BCUT2D eigenvalue weighted by atomic mass is 10.0. The predicted octanol–water partition coefficient (Wildman–Crippen LogP) is 3.41. The summed E-state index contributed by atoms with van der Waals surface area (Å²) >= 11 is 0. The molecular weight excluding hydrogens is 394 g/mol. The number of hydrogen-bond acceptors (Lipinski definition) is 9. The molecule has 9 heteroatoms. The summed E-state index contributed by atoms with van der Waals surface area (Å²) in [6.07, 6.45) is 1.10. The summed E-state index contributed by atoms with van der Waals surface area (Å²) in [6, 6.07) is 7.03. The Labute approximate surface area is 175 Å². The number of furan rings is 1. The number of nitrogens with zero attached hydrogens (tertiary/aromatic N) is 1. The minimum atomic E-state index is -0.417. The smallest absolute Gasteiger partial charge is 0.310 e. The third kappa shape index (κ3) is 6.50. The summed E-state index contributed by atoms with van der Waals surface area (Å²) in [7, 11) is 4.35. The number of oxime groups is 1. The monoisotopic (exact) mass is 421 g/mol. The summed E-state index contributed by atoms with van der Waals surface area (Å²) in [5.74, 6) is 1.70. The molecule has 1 N–H and O–H groups in total. The first-order valence-electron chi connectivity index (χ1n) is 9.26. The van der Waals surface area contributed by atoms with Crippen molar-refractivity contribution in [2.24, 2.45) is 5.16 Å². The number of carbonyl (C=O) groups is 1. The molecule has 1 heterocycles. The molecule has 0 spiro atoms. The maximum Gasteiger partial charge on any atom is 0.310 e. The Morgan fingerprint density at radius 2 is 1.83 bits per heavy atom. The molecular formula is C21H27NO8. The number of rotatable bonds is 12. The van der Waals surface area contributed by atoms with Gasteiger partial charge in [-0.05, 0) is 37.1 Å². The Hall–Kier alpha value is -3.04. The van der Waals surface area contributed by atoms with Crippen molar-refractivity contribution >= 4 is 11.7 Å². The van der Waals surface area contributed by atoms with Crippen molar-refractivity contribution in [2.45, 2.75) is 26.2 Å². The molecule has 0 atom stereocenters. The van der Waals surface area contributed by atoms with E-state index in [0.29, 0.717) is 52.7 Å². The minimum absolute atomic E-state index is 0.00187. The highest BCUT2D eigenvalue weighted by molar-refractivity contribution is 5.81. The van der Waals surface area contributed by atoms with Crippen LogP contribution < -0.4 is 9.47 Å². The van der Waals surface area contributed by atoms with E-state index in [1.54, 1.807) is 25.1 Å². The summed E-state index contributed by atoms with van der Waals surface area (Å²) in [4.78, 5) is 12.0. The van der Waals surface area contributed by atoms with Crippen LogP contribution in [-0.2, 0) is 31.8 Å². The molecule has 0 amide bonds. The van der Waals surface area contributed by atoms with Crippen molar-refractivity contribution in [3.63, 3.8) is 0 Å². The van der Waals surface area contributed by atoms with Gasteiger partial charge in [-0.2, -0.15) is 0 Å². The first kappa shape index (κ1) is 23.2. The predicted molar refractivity (Wildman–Crippen MR) is 108 cm³/mol. The fourth-order valence-electron chi connectivity index (χ4n) is 2.74. The molecule has 2 aromatic rings. The number of esters is 1.